The number of hydrogen-bond donors (Lipinski definition) is 2. The van der Waals surface area contributed by atoms with Gasteiger partial charge >= 0.3 is 5.97 Å². The van der Waals surface area contributed by atoms with Crippen molar-refractivity contribution in [2.45, 2.75) is 0 Å². The van der Waals surface area contributed by atoms with Gasteiger partial charge in [-0.3, -0.25) is 4.99 Å². The highest BCUT2D eigenvalue weighted by molar-refractivity contribution is 6.30. The summed E-state index contributed by atoms with van der Waals surface area (Å²) in [6, 6.07) is 15.3. The summed E-state index contributed by atoms with van der Waals surface area (Å²) in [5.74, 6) is -1.49. The van der Waals surface area contributed by atoms with Gasteiger partial charge in [-0.15, -0.1) is 0 Å². The Morgan fingerprint density at radius 3 is 2.58 bits per heavy atom. The van der Waals surface area contributed by atoms with E-state index in [0.717, 1.165) is 11.4 Å². The normalized spacial score (nSPS) is 11.0. The number of hydrogen-bond acceptors (Lipinski definition) is 3. The monoisotopic (exact) mass is 340 g/mol. The number of rotatable bonds is 4. The van der Waals surface area contributed by atoms with Gasteiger partial charge in [-0.05, 0) is 54.6 Å². The van der Waals surface area contributed by atoms with Crippen LogP contribution in [0.25, 0.3) is 5.69 Å². The first-order chi connectivity index (χ1) is 11.5. The summed E-state index contributed by atoms with van der Waals surface area (Å²) >= 11 is 5.90. The molecule has 3 rings (SSSR count). The highest BCUT2D eigenvalue weighted by Gasteiger charge is 2.09. The fourth-order valence-electron chi connectivity index (χ4n) is 2.25. The van der Waals surface area contributed by atoms with E-state index < -0.39 is 5.97 Å². The number of aromatic hydroxyl groups is 1. The minimum absolute atomic E-state index is 0.183. The Kier molecular flexibility index (Phi) is 4.35. The van der Waals surface area contributed by atoms with Crippen LogP contribution >= 0.6 is 11.6 Å². The lowest BCUT2D eigenvalue weighted by molar-refractivity contribution is 0.0694. The fraction of sp³-hybridized carbons (Fsp3) is 0. The number of aromatic nitrogens is 1. The Morgan fingerprint density at radius 2 is 1.88 bits per heavy atom. The summed E-state index contributed by atoms with van der Waals surface area (Å²) in [6.07, 6.45) is 3.52. The van der Waals surface area contributed by atoms with Crippen LogP contribution in [0.2, 0.25) is 5.02 Å². The first kappa shape index (κ1) is 15.8. The molecule has 0 aliphatic heterocycles. The molecule has 0 radical (unpaired) electrons. The Labute approximate surface area is 143 Å². The summed E-state index contributed by atoms with van der Waals surface area (Å²) < 4.78 is 1.93. The van der Waals surface area contributed by atoms with Gasteiger partial charge < -0.3 is 14.8 Å². The second-order valence-corrected chi connectivity index (χ2v) is 5.48. The van der Waals surface area contributed by atoms with Crippen LogP contribution < -0.4 is 0 Å². The SMILES string of the molecule is O=C(O)c1cc(N=Cc2cccn2-c2ccc(Cl)cc2)ccc1O. The molecule has 0 atom stereocenters. The summed E-state index contributed by atoms with van der Waals surface area (Å²) in [5, 5.41) is 19.2. The number of aliphatic imine (C=N–C) groups is 1. The summed E-state index contributed by atoms with van der Waals surface area (Å²) in [4.78, 5) is 15.3. The van der Waals surface area contributed by atoms with Crippen LogP contribution in [0.1, 0.15) is 16.1 Å². The van der Waals surface area contributed by atoms with E-state index in [-0.39, 0.29) is 11.3 Å². The lowest BCUT2D eigenvalue weighted by Gasteiger charge is -2.06. The molecule has 0 spiro atoms. The van der Waals surface area contributed by atoms with E-state index in [1.54, 1.807) is 24.4 Å². The van der Waals surface area contributed by atoms with Crippen molar-refractivity contribution in [2.75, 3.05) is 0 Å². The Hall–Kier alpha value is -3.05. The lowest BCUT2D eigenvalue weighted by atomic mass is 10.2. The average Bonchev–Trinajstić information content (AvgIpc) is 3.03. The van der Waals surface area contributed by atoms with E-state index in [2.05, 4.69) is 4.99 Å². The summed E-state index contributed by atoms with van der Waals surface area (Å²) in [7, 11) is 0. The number of nitrogens with zero attached hydrogens (tertiary/aromatic N) is 2. The van der Waals surface area contributed by atoms with Crippen molar-refractivity contribution in [3.8, 4) is 11.4 Å². The van der Waals surface area contributed by atoms with E-state index in [9.17, 15) is 9.90 Å². The average molecular weight is 341 g/mol. The quantitative estimate of drug-likeness (QED) is 0.696. The van der Waals surface area contributed by atoms with Crippen LogP contribution in [0.4, 0.5) is 5.69 Å². The highest BCUT2D eigenvalue weighted by atomic mass is 35.5. The largest absolute Gasteiger partial charge is 0.507 e. The maximum Gasteiger partial charge on any atom is 0.339 e. The molecule has 2 N–H and O–H groups in total. The first-order valence-electron chi connectivity index (χ1n) is 7.08. The Bertz CT molecular complexity index is 914. The molecular weight excluding hydrogens is 328 g/mol. The zero-order valence-electron chi connectivity index (χ0n) is 12.4. The zero-order chi connectivity index (χ0) is 17.1. The zero-order valence-corrected chi connectivity index (χ0v) is 13.2. The highest BCUT2D eigenvalue weighted by Crippen LogP contribution is 2.23. The topological polar surface area (TPSA) is 74.8 Å². The van der Waals surface area contributed by atoms with Crippen LogP contribution in [0, 0.1) is 0 Å². The van der Waals surface area contributed by atoms with Gasteiger partial charge in [0.15, 0.2) is 0 Å². The first-order valence-corrected chi connectivity index (χ1v) is 7.46. The Balaban J connectivity index is 1.91. The van der Waals surface area contributed by atoms with Crippen LogP contribution in [0.5, 0.6) is 5.75 Å². The third-order valence-corrected chi connectivity index (χ3v) is 3.69. The molecule has 0 bridgehead atoms. The van der Waals surface area contributed by atoms with Crippen molar-refractivity contribution in [1.29, 1.82) is 0 Å². The second kappa shape index (κ2) is 6.60. The molecule has 0 saturated carbocycles. The molecule has 24 heavy (non-hydrogen) atoms. The van der Waals surface area contributed by atoms with Gasteiger partial charge in [0.05, 0.1) is 17.6 Å². The Morgan fingerprint density at radius 1 is 1.12 bits per heavy atom. The van der Waals surface area contributed by atoms with Gasteiger partial charge in [0, 0.05) is 16.9 Å². The molecule has 120 valence electrons. The summed E-state index contributed by atoms with van der Waals surface area (Å²) in [5.41, 5.74) is 2.01. The number of carboxylic acids is 1. The smallest absolute Gasteiger partial charge is 0.339 e. The molecule has 2 aromatic carbocycles. The van der Waals surface area contributed by atoms with Gasteiger partial charge in [0.1, 0.15) is 11.3 Å². The van der Waals surface area contributed by atoms with Crippen molar-refractivity contribution < 1.29 is 15.0 Å². The second-order valence-electron chi connectivity index (χ2n) is 5.04. The van der Waals surface area contributed by atoms with E-state index in [0.29, 0.717) is 10.7 Å². The molecule has 0 fully saturated rings. The molecule has 6 heteroatoms. The van der Waals surface area contributed by atoms with E-state index in [1.807, 2.05) is 35.0 Å². The standard InChI is InChI=1S/C18H13ClN2O3/c19-12-3-6-14(7-4-12)21-9-1-2-15(21)11-20-13-5-8-17(22)16(10-13)18(23)24/h1-11,22H,(H,23,24). The minimum Gasteiger partial charge on any atom is -0.507 e. The molecule has 0 aliphatic carbocycles. The number of halogens is 1. The van der Waals surface area contributed by atoms with Gasteiger partial charge in [-0.1, -0.05) is 11.6 Å². The molecule has 0 saturated heterocycles. The fourth-order valence-corrected chi connectivity index (χ4v) is 2.38. The predicted octanol–water partition coefficient (Wildman–Crippen LogP) is 4.29. The van der Waals surface area contributed by atoms with Crippen LogP contribution in [0.3, 0.4) is 0 Å². The van der Waals surface area contributed by atoms with Crippen molar-refractivity contribution >= 4 is 29.5 Å². The number of carboxylic acid groups (broad SMARTS) is 1. The number of phenols is 1. The minimum atomic E-state index is -1.20. The van der Waals surface area contributed by atoms with E-state index in [1.165, 1.54) is 12.1 Å². The molecule has 3 aromatic rings. The number of aromatic carboxylic acids is 1. The molecule has 0 aliphatic rings. The van der Waals surface area contributed by atoms with E-state index >= 15 is 0 Å². The number of carbonyl (C=O) groups is 1. The molecule has 0 unspecified atom stereocenters. The molecule has 1 heterocycles. The van der Waals surface area contributed by atoms with Crippen LogP contribution in [-0.4, -0.2) is 27.0 Å². The molecule has 5 nitrogen and oxygen atoms in total. The van der Waals surface area contributed by atoms with Crippen molar-refractivity contribution in [3.63, 3.8) is 0 Å². The third-order valence-electron chi connectivity index (χ3n) is 3.44. The van der Waals surface area contributed by atoms with Gasteiger partial charge in [0.25, 0.3) is 0 Å². The van der Waals surface area contributed by atoms with Crippen molar-refractivity contribution in [3.05, 3.63) is 77.1 Å². The number of benzene rings is 2. The van der Waals surface area contributed by atoms with Crippen molar-refractivity contribution in [1.82, 2.24) is 4.57 Å². The summed E-state index contributed by atoms with van der Waals surface area (Å²) in [6.45, 7) is 0. The van der Waals surface area contributed by atoms with Gasteiger partial charge in [-0.2, -0.15) is 0 Å². The van der Waals surface area contributed by atoms with E-state index in [4.69, 9.17) is 16.7 Å². The maximum atomic E-state index is 11.0. The van der Waals surface area contributed by atoms with Crippen LogP contribution in [0.15, 0.2) is 65.8 Å². The van der Waals surface area contributed by atoms with Gasteiger partial charge in [-0.25, -0.2) is 4.79 Å². The maximum absolute atomic E-state index is 11.0. The lowest BCUT2D eigenvalue weighted by Crippen LogP contribution is -1.98. The predicted molar refractivity (Wildman–Crippen MR) is 93.1 cm³/mol. The molecular formula is C18H13ClN2O3. The van der Waals surface area contributed by atoms with Crippen molar-refractivity contribution in [2.24, 2.45) is 4.99 Å². The molecule has 0 amide bonds. The van der Waals surface area contributed by atoms with Crippen LogP contribution in [-0.2, 0) is 0 Å². The van der Waals surface area contributed by atoms with Gasteiger partial charge in [0.2, 0.25) is 0 Å². The molecule has 1 aromatic heterocycles. The third kappa shape index (κ3) is 3.31.